The summed E-state index contributed by atoms with van der Waals surface area (Å²) in [5, 5.41) is 6.78. The first-order chi connectivity index (χ1) is 12.6. The van der Waals surface area contributed by atoms with Gasteiger partial charge in [-0.1, -0.05) is 28.9 Å². The lowest BCUT2D eigenvalue weighted by molar-refractivity contribution is 0.753. The highest BCUT2D eigenvalue weighted by Gasteiger charge is 2.10. The Hall–Kier alpha value is -2.47. The van der Waals surface area contributed by atoms with E-state index in [4.69, 9.17) is 0 Å². The van der Waals surface area contributed by atoms with Crippen LogP contribution in [0.4, 0.5) is 17.5 Å². The van der Waals surface area contributed by atoms with Gasteiger partial charge in [0.05, 0.1) is 5.69 Å². The fourth-order valence-electron chi connectivity index (χ4n) is 2.44. The molecule has 3 aromatic rings. The molecular formula is C20H22BrN5. The summed E-state index contributed by atoms with van der Waals surface area (Å²) in [6.45, 7) is 6.31. The van der Waals surface area contributed by atoms with Crippen molar-refractivity contribution in [3.8, 4) is 11.3 Å². The summed E-state index contributed by atoms with van der Waals surface area (Å²) in [7, 11) is 0. The highest BCUT2D eigenvalue weighted by Crippen LogP contribution is 2.28. The van der Waals surface area contributed by atoms with Crippen molar-refractivity contribution in [2.45, 2.75) is 33.2 Å². The number of nitrogens with zero attached hydrogens (tertiary/aromatic N) is 3. The van der Waals surface area contributed by atoms with Gasteiger partial charge in [0.15, 0.2) is 0 Å². The number of pyridine rings is 1. The summed E-state index contributed by atoms with van der Waals surface area (Å²) in [5.41, 5.74) is 3.92. The normalized spacial score (nSPS) is 11.8. The Bertz CT molecular complexity index is 883. The molecular weight excluding hydrogens is 390 g/mol. The van der Waals surface area contributed by atoms with Crippen molar-refractivity contribution >= 4 is 33.4 Å². The maximum Gasteiger partial charge on any atom is 0.225 e. The maximum atomic E-state index is 4.66. The molecule has 0 unspecified atom stereocenters. The van der Waals surface area contributed by atoms with Gasteiger partial charge in [-0.15, -0.1) is 0 Å². The topological polar surface area (TPSA) is 62.7 Å². The largest absolute Gasteiger partial charge is 0.352 e. The second kappa shape index (κ2) is 8.27. The van der Waals surface area contributed by atoms with Crippen LogP contribution in [0.1, 0.15) is 25.8 Å². The molecule has 0 aliphatic carbocycles. The monoisotopic (exact) mass is 411 g/mol. The van der Waals surface area contributed by atoms with Crippen molar-refractivity contribution in [1.29, 1.82) is 0 Å². The maximum absolute atomic E-state index is 4.66. The van der Waals surface area contributed by atoms with Crippen molar-refractivity contribution < 1.29 is 0 Å². The van der Waals surface area contributed by atoms with Crippen LogP contribution in [0.25, 0.3) is 11.3 Å². The Labute approximate surface area is 162 Å². The van der Waals surface area contributed by atoms with Crippen molar-refractivity contribution in [2.75, 3.05) is 10.6 Å². The zero-order valence-electron chi connectivity index (χ0n) is 15.1. The van der Waals surface area contributed by atoms with Crippen LogP contribution in [0.5, 0.6) is 0 Å². The third-order valence-electron chi connectivity index (χ3n) is 4.20. The number of halogens is 1. The molecule has 2 heterocycles. The van der Waals surface area contributed by atoms with E-state index < -0.39 is 0 Å². The van der Waals surface area contributed by atoms with Crippen LogP contribution in [0.15, 0.2) is 53.3 Å². The lowest BCUT2D eigenvalue weighted by atomic mass is 10.2. The molecule has 0 spiro atoms. The highest BCUT2D eigenvalue weighted by atomic mass is 79.9. The molecule has 26 heavy (non-hydrogen) atoms. The van der Waals surface area contributed by atoms with Gasteiger partial charge in [0.2, 0.25) is 5.95 Å². The second-order valence-electron chi connectivity index (χ2n) is 6.19. The summed E-state index contributed by atoms with van der Waals surface area (Å²) in [4.78, 5) is 13.5. The average Bonchev–Trinajstić information content (AvgIpc) is 2.66. The van der Waals surface area contributed by atoms with E-state index in [1.807, 2.05) is 42.6 Å². The first-order valence-electron chi connectivity index (χ1n) is 8.65. The molecule has 0 fully saturated rings. The Morgan fingerprint density at radius 3 is 2.73 bits per heavy atom. The molecule has 1 aromatic carbocycles. The third kappa shape index (κ3) is 4.38. The molecule has 0 bridgehead atoms. The van der Waals surface area contributed by atoms with Gasteiger partial charge in [-0.2, -0.15) is 4.98 Å². The van der Waals surface area contributed by atoms with Crippen LogP contribution < -0.4 is 10.6 Å². The van der Waals surface area contributed by atoms with Crippen molar-refractivity contribution in [2.24, 2.45) is 0 Å². The second-order valence-corrected chi connectivity index (χ2v) is 7.05. The standard InChI is InChI=1S/C20H22BrN5/c1-4-13(2)23-20-25-18(15-7-6-10-22-12-15)11-19(26-20)24-17-9-5-8-16(21)14(17)3/h5-13H,4H2,1-3H3,(H2,23,24,25,26)/t13-/m0/s1. The Kier molecular flexibility index (Phi) is 5.83. The fraction of sp³-hybridized carbons (Fsp3) is 0.250. The third-order valence-corrected chi connectivity index (χ3v) is 5.06. The zero-order valence-corrected chi connectivity index (χ0v) is 16.7. The summed E-state index contributed by atoms with van der Waals surface area (Å²) in [5.74, 6) is 1.35. The van der Waals surface area contributed by atoms with Crippen molar-refractivity contribution in [3.05, 3.63) is 58.8 Å². The van der Waals surface area contributed by atoms with Gasteiger partial charge < -0.3 is 10.6 Å². The van der Waals surface area contributed by atoms with Crippen molar-refractivity contribution in [3.63, 3.8) is 0 Å². The molecule has 0 aliphatic rings. The molecule has 2 aromatic heterocycles. The Morgan fingerprint density at radius 2 is 2.00 bits per heavy atom. The Balaban J connectivity index is 2.00. The van der Waals surface area contributed by atoms with E-state index >= 15 is 0 Å². The van der Waals surface area contributed by atoms with Gasteiger partial charge in [0.25, 0.3) is 0 Å². The van der Waals surface area contributed by atoms with Gasteiger partial charge in [-0.05, 0) is 50.1 Å². The molecule has 134 valence electrons. The van der Waals surface area contributed by atoms with E-state index in [0.717, 1.165) is 39.2 Å². The smallest absolute Gasteiger partial charge is 0.225 e. The lowest BCUT2D eigenvalue weighted by Crippen LogP contribution is -2.16. The molecule has 3 rings (SSSR count). The highest BCUT2D eigenvalue weighted by molar-refractivity contribution is 9.10. The first-order valence-corrected chi connectivity index (χ1v) is 9.44. The van der Waals surface area contributed by atoms with Gasteiger partial charge in [0, 0.05) is 40.2 Å². The van der Waals surface area contributed by atoms with Crippen LogP contribution >= 0.6 is 15.9 Å². The molecule has 1 atom stereocenters. The number of nitrogens with one attached hydrogen (secondary N) is 2. The van der Waals surface area contributed by atoms with E-state index in [-0.39, 0.29) is 0 Å². The molecule has 6 heteroatoms. The summed E-state index contributed by atoms with van der Waals surface area (Å²) in [6, 6.07) is 12.2. The molecule has 5 nitrogen and oxygen atoms in total. The van der Waals surface area contributed by atoms with Gasteiger partial charge in [-0.25, -0.2) is 4.98 Å². The van der Waals surface area contributed by atoms with Crippen LogP contribution in [0, 0.1) is 6.92 Å². The summed E-state index contributed by atoms with van der Waals surface area (Å²) in [6.07, 6.45) is 4.56. The first kappa shape index (κ1) is 18.3. The quantitative estimate of drug-likeness (QED) is 0.555. The minimum atomic E-state index is 0.291. The van der Waals surface area contributed by atoms with Gasteiger partial charge >= 0.3 is 0 Å². The number of aromatic nitrogens is 3. The van der Waals surface area contributed by atoms with E-state index in [1.165, 1.54) is 0 Å². The van der Waals surface area contributed by atoms with E-state index in [2.05, 4.69) is 62.3 Å². The SMILES string of the molecule is CC[C@H](C)Nc1nc(Nc2cccc(Br)c2C)cc(-c2cccnc2)n1. The van der Waals surface area contributed by atoms with Crippen molar-refractivity contribution in [1.82, 2.24) is 15.0 Å². The molecule has 0 radical (unpaired) electrons. The van der Waals surface area contributed by atoms with Crippen LogP contribution in [0.2, 0.25) is 0 Å². The number of anilines is 3. The number of benzene rings is 1. The molecule has 0 saturated carbocycles. The minimum absolute atomic E-state index is 0.291. The van der Waals surface area contributed by atoms with E-state index in [0.29, 0.717) is 12.0 Å². The summed E-state index contributed by atoms with van der Waals surface area (Å²) >= 11 is 3.57. The summed E-state index contributed by atoms with van der Waals surface area (Å²) < 4.78 is 1.06. The lowest BCUT2D eigenvalue weighted by Gasteiger charge is -2.15. The van der Waals surface area contributed by atoms with Crippen LogP contribution in [-0.2, 0) is 0 Å². The predicted octanol–water partition coefficient (Wildman–Crippen LogP) is 5.56. The molecule has 2 N–H and O–H groups in total. The van der Waals surface area contributed by atoms with E-state index in [1.54, 1.807) is 6.20 Å². The number of hydrogen-bond acceptors (Lipinski definition) is 5. The average molecular weight is 412 g/mol. The molecule has 0 amide bonds. The molecule has 0 aliphatic heterocycles. The predicted molar refractivity (Wildman–Crippen MR) is 111 cm³/mol. The van der Waals surface area contributed by atoms with Crippen LogP contribution in [0.3, 0.4) is 0 Å². The van der Waals surface area contributed by atoms with Gasteiger partial charge in [0.1, 0.15) is 5.82 Å². The fourth-order valence-corrected chi connectivity index (χ4v) is 2.81. The Morgan fingerprint density at radius 1 is 1.15 bits per heavy atom. The van der Waals surface area contributed by atoms with E-state index in [9.17, 15) is 0 Å². The minimum Gasteiger partial charge on any atom is -0.352 e. The van der Waals surface area contributed by atoms with Gasteiger partial charge in [-0.3, -0.25) is 4.98 Å². The molecule has 0 saturated heterocycles. The van der Waals surface area contributed by atoms with Crippen LogP contribution in [-0.4, -0.2) is 21.0 Å². The number of rotatable bonds is 6. The zero-order chi connectivity index (χ0) is 18.5. The number of hydrogen-bond donors (Lipinski definition) is 2.